The molecule has 32 heavy (non-hydrogen) atoms. The zero-order chi connectivity index (χ0) is 22.3. The Bertz CT molecular complexity index is 1100. The van der Waals surface area contributed by atoms with Crippen molar-refractivity contribution in [2.75, 3.05) is 26.2 Å². The van der Waals surface area contributed by atoms with Crippen molar-refractivity contribution in [1.82, 2.24) is 4.90 Å². The third kappa shape index (κ3) is 5.54. The molecule has 1 saturated heterocycles. The zero-order valence-corrected chi connectivity index (χ0v) is 19.5. The van der Waals surface area contributed by atoms with E-state index < -0.39 is 0 Å². The summed E-state index contributed by atoms with van der Waals surface area (Å²) in [6.45, 7) is 6.36. The van der Waals surface area contributed by atoms with E-state index in [1.807, 2.05) is 11.3 Å². The molecule has 1 fully saturated rings. The molecule has 0 bridgehead atoms. The van der Waals surface area contributed by atoms with Gasteiger partial charge in [-0.1, -0.05) is 37.3 Å². The Labute approximate surface area is 195 Å². The first-order valence-electron chi connectivity index (χ1n) is 11.4. The van der Waals surface area contributed by atoms with Crippen molar-refractivity contribution in [3.63, 3.8) is 0 Å². The average molecular weight is 446 g/mol. The maximum absolute atomic E-state index is 9.66. The highest BCUT2D eigenvalue weighted by Crippen LogP contribution is 2.39. The van der Waals surface area contributed by atoms with Crippen molar-refractivity contribution < 1.29 is 9.84 Å². The monoisotopic (exact) mass is 445 g/mol. The standard InChI is InChI=1S/C28H31NO2S/c1-3-23(30)13-10-21(2)28-26(25-8-4-5-9-27(25)32-28)20-22-11-14-24(15-12-22)31-19-18-29-16-6-7-17-29/h1,4-5,8-9,11-15,21,30H,6-7,10,16-20H2,2H3/b23-13+. The summed E-state index contributed by atoms with van der Waals surface area (Å²) < 4.78 is 7.27. The van der Waals surface area contributed by atoms with Crippen LogP contribution in [0.4, 0.5) is 0 Å². The lowest BCUT2D eigenvalue weighted by Crippen LogP contribution is -2.25. The second-order valence-electron chi connectivity index (χ2n) is 8.53. The lowest BCUT2D eigenvalue weighted by molar-refractivity contribution is 0.238. The molecule has 3 nitrogen and oxygen atoms in total. The van der Waals surface area contributed by atoms with Gasteiger partial charge in [0.25, 0.3) is 0 Å². The predicted molar refractivity (Wildman–Crippen MR) is 135 cm³/mol. The second kappa shape index (κ2) is 10.7. The lowest BCUT2D eigenvalue weighted by Gasteiger charge is -2.15. The van der Waals surface area contributed by atoms with Crippen LogP contribution >= 0.6 is 11.3 Å². The van der Waals surface area contributed by atoms with E-state index in [4.69, 9.17) is 11.2 Å². The number of hydrogen-bond donors (Lipinski definition) is 1. The van der Waals surface area contributed by atoms with Crippen molar-refractivity contribution in [3.05, 3.63) is 76.4 Å². The molecular weight excluding hydrogens is 414 g/mol. The third-order valence-corrected chi connectivity index (χ3v) is 7.61. The molecular formula is C28H31NO2S. The summed E-state index contributed by atoms with van der Waals surface area (Å²) in [6.07, 6.45) is 11.3. The van der Waals surface area contributed by atoms with Crippen LogP contribution in [-0.4, -0.2) is 36.2 Å². The lowest BCUT2D eigenvalue weighted by atomic mass is 9.95. The number of fused-ring (bicyclic) bond motifs is 1. The summed E-state index contributed by atoms with van der Waals surface area (Å²) in [6, 6.07) is 17.1. The summed E-state index contributed by atoms with van der Waals surface area (Å²) in [5.41, 5.74) is 2.64. The van der Waals surface area contributed by atoms with Gasteiger partial charge in [-0.15, -0.1) is 17.8 Å². The van der Waals surface area contributed by atoms with Crippen LogP contribution in [-0.2, 0) is 6.42 Å². The minimum absolute atomic E-state index is 0.0137. The van der Waals surface area contributed by atoms with Gasteiger partial charge >= 0.3 is 0 Å². The van der Waals surface area contributed by atoms with Gasteiger partial charge in [0.2, 0.25) is 0 Å². The molecule has 1 aliphatic rings. The molecule has 1 unspecified atom stereocenters. The first-order valence-corrected chi connectivity index (χ1v) is 12.3. The highest BCUT2D eigenvalue weighted by atomic mass is 32.1. The summed E-state index contributed by atoms with van der Waals surface area (Å²) in [7, 11) is 0. The maximum atomic E-state index is 9.66. The summed E-state index contributed by atoms with van der Waals surface area (Å²) in [5.74, 6) is 3.53. The average Bonchev–Trinajstić information content (AvgIpc) is 3.47. The van der Waals surface area contributed by atoms with Crippen LogP contribution in [0.25, 0.3) is 10.1 Å². The highest BCUT2D eigenvalue weighted by molar-refractivity contribution is 7.19. The Morgan fingerprint density at radius 2 is 1.94 bits per heavy atom. The molecule has 4 rings (SSSR count). The van der Waals surface area contributed by atoms with Crippen molar-refractivity contribution in [2.45, 2.75) is 38.5 Å². The minimum atomic E-state index is 0.0137. The van der Waals surface area contributed by atoms with Gasteiger partial charge in [0.1, 0.15) is 12.4 Å². The molecule has 1 N–H and O–H groups in total. The van der Waals surface area contributed by atoms with E-state index in [9.17, 15) is 5.11 Å². The van der Waals surface area contributed by atoms with Crippen LogP contribution in [0, 0.1) is 12.3 Å². The van der Waals surface area contributed by atoms with Gasteiger partial charge in [0.15, 0.2) is 5.76 Å². The van der Waals surface area contributed by atoms with Gasteiger partial charge in [0, 0.05) is 16.1 Å². The Morgan fingerprint density at radius 3 is 2.69 bits per heavy atom. The largest absolute Gasteiger partial charge is 0.501 e. The Hall–Kier alpha value is -2.74. The van der Waals surface area contributed by atoms with Gasteiger partial charge < -0.3 is 9.84 Å². The normalized spacial score (nSPS) is 15.7. The van der Waals surface area contributed by atoms with Gasteiger partial charge in [0.05, 0.1) is 0 Å². The Morgan fingerprint density at radius 1 is 1.19 bits per heavy atom. The minimum Gasteiger partial charge on any atom is -0.501 e. The van der Waals surface area contributed by atoms with Crippen LogP contribution in [0.15, 0.2) is 60.4 Å². The number of hydrogen-bond acceptors (Lipinski definition) is 4. The van der Waals surface area contributed by atoms with E-state index in [2.05, 4.69) is 66.3 Å². The molecule has 0 saturated carbocycles. The number of likely N-dealkylation sites (tertiary alicyclic amines) is 1. The SMILES string of the molecule is C#C/C(O)=C\CC(C)c1sc2ccccc2c1Cc1ccc(OCCN2CCCC2)cc1. The zero-order valence-electron chi connectivity index (χ0n) is 18.7. The molecule has 4 heteroatoms. The van der Waals surface area contributed by atoms with Gasteiger partial charge in [-0.25, -0.2) is 0 Å². The summed E-state index contributed by atoms with van der Waals surface area (Å²) in [5, 5.41) is 11.0. The first-order chi connectivity index (χ1) is 15.6. The maximum Gasteiger partial charge on any atom is 0.162 e. The molecule has 0 aliphatic carbocycles. The van der Waals surface area contributed by atoms with Crippen LogP contribution in [0.1, 0.15) is 48.1 Å². The number of nitrogens with zero attached hydrogens (tertiary/aromatic N) is 1. The third-order valence-electron chi connectivity index (χ3n) is 6.17. The number of terminal acetylenes is 1. The molecule has 2 heterocycles. The molecule has 3 aromatic rings. The van der Waals surface area contributed by atoms with Crippen molar-refractivity contribution in [1.29, 1.82) is 0 Å². The fourth-order valence-corrected chi connectivity index (χ4v) is 5.65. The number of benzene rings is 2. The highest BCUT2D eigenvalue weighted by Gasteiger charge is 2.17. The number of rotatable bonds is 9. The molecule has 1 atom stereocenters. The molecule has 1 aliphatic heterocycles. The van der Waals surface area contributed by atoms with Gasteiger partial charge in [-0.05, 0) is 91.4 Å². The van der Waals surface area contributed by atoms with E-state index in [1.165, 1.54) is 52.0 Å². The number of thiophene rings is 1. The fourth-order valence-electron chi connectivity index (χ4n) is 4.36. The first kappa shape index (κ1) is 22.5. The van der Waals surface area contributed by atoms with Crippen LogP contribution in [0.3, 0.4) is 0 Å². The van der Waals surface area contributed by atoms with Gasteiger partial charge in [-0.3, -0.25) is 4.90 Å². The van der Waals surface area contributed by atoms with E-state index in [-0.39, 0.29) is 11.7 Å². The van der Waals surface area contributed by atoms with Crippen molar-refractivity contribution in [2.24, 2.45) is 0 Å². The molecule has 0 radical (unpaired) electrons. The van der Waals surface area contributed by atoms with Crippen LogP contribution in [0.5, 0.6) is 5.75 Å². The van der Waals surface area contributed by atoms with Crippen molar-refractivity contribution in [3.8, 4) is 18.1 Å². The van der Waals surface area contributed by atoms with E-state index in [0.29, 0.717) is 0 Å². The van der Waals surface area contributed by atoms with Crippen LogP contribution < -0.4 is 4.74 Å². The molecule has 166 valence electrons. The number of aliphatic hydroxyl groups excluding tert-OH is 1. The van der Waals surface area contributed by atoms with Crippen molar-refractivity contribution >= 4 is 21.4 Å². The molecule has 0 amide bonds. The van der Waals surface area contributed by atoms with E-state index in [0.717, 1.165) is 31.7 Å². The van der Waals surface area contributed by atoms with E-state index in [1.54, 1.807) is 6.08 Å². The molecule has 0 spiro atoms. The molecule has 2 aromatic carbocycles. The van der Waals surface area contributed by atoms with Gasteiger partial charge in [-0.2, -0.15) is 0 Å². The number of aliphatic hydroxyl groups is 1. The summed E-state index contributed by atoms with van der Waals surface area (Å²) in [4.78, 5) is 3.83. The van der Waals surface area contributed by atoms with Crippen LogP contribution in [0.2, 0.25) is 0 Å². The van der Waals surface area contributed by atoms with E-state index >= 15 is 0 Å². The quantitative estimate of drug-likeness (QED) is 0.300. The topological polar surface area (TPSA) is 32.7 Å². The molecule has 1 aromatic heterocycles. The summed E-state index contributed by atoms with van der Waals surface area (Å²) >= 11 is 1.84. The number of ether oxygens (including phenoxy) is 1. The Kier molecular flexibility index (Phi) is 7.52. The Balaban J connectivity index is 1.47. The number of allylic oxidation sites excluding steroid dienone is 2. The smallest absolute Gasteiger partial charge is 0.162 e. The fraction of sp³-hybridized carbons (Fsp3) is 0.357. The second-order valence-corrected chi connectivity index (χ2v) is 9.61. The predicted octanol–water partition coefficient (Wildman–Crippen LogP) is 6.54.